The minimum Gasteiger partial charge on any atom is -0.314 e. The predicted octanol–water partition coefficient (Wildman–Crippen LogP) is 2.00. The number of likely N-dealkylation sites (N-methyl/N-ethyl adjacent to an activating group) is 1. The molecule has 0 spiro atoms. The molecule has 17 heavy (non-hydrogen) atoms. The van der Waals surface area contributed by atoms with Crippen LogP contribution in [0.25, 0.3) is 0 Å². The average molecular weight is 254 g/mol. The lowest BCUT2D eigenvalue weighted by Gasteiger charge is -2.27. The molecule has 1 N–H and O–H groups in total. The van der Waals surface area contributed by atoms with Crippen LogP contribution >= 0.6 is 11.8 Å². The van der Waals surface area contributed by atoms with Crippen LogP contribution in [0.15, 0.2) is 12.3 Å². The van der Waals surface area contributed by atoms with E-state index in [4.69, 9.17) is 0 Å². The number of thioether (sulfide) groups is 1. The van der Waals surface area contributed by atoms with E-state index in [0.29, 0.717) is 5.25 Å². The molecule has 0 aromatic rings. The van der Waals surface area contributed by atoms with Crippen LogP contribution in [0, 0.1) is 0 Å². The van der Waals surface area contributed by atoms with Gasteiger partial charge in [0.1, 0.15) is 0 Å². The van der Waals surface area contributed by atoms with E-state index in [1.807, 2.05) is 23.7 Å². The lowest BCUT2D eigenvalue weighted by molar-refractivity contribution is -0.131. The zero-order valence-electron chi connectivity index (χ0n) is 10.6. The van der Waals surface area contributed by atoms with Gasteiger partial charge in [0.2, 0.25) is 5.91 Å². The fraction of sp³-hybridized carbons (Fsp3) is 0.769. The Morgan fingerprint density at radius 2 is 2.29 bits per heavy atom. The zero-order valence-corrected chi connectivity index (χ0v) is 11.4. The maximum Gasteiger partial charge on any atom is 0.243 e. The Morgan fingerprint density at radius 1 is 1.47 bits per heavy atom. The Kier molecular flexibility index (Phi) is 4.51. The average Bonchev–Trinajstić information content (AvgIpc) is 2.79. The normalized spacial score (nSPS) is 30.8. The molecule has 2 heterocycles. The van der Waals surface area contributed by atoms with Gasteiger partial charge >= 0.3 is 0 Å². The van der Waals surface area contributed by atoms with Crippen molar-refractivity contribution in [2.75, 3.05) is 19.3 Å². The molecule has 0 bridgehead atoms. The molecule has 0 saturated carbocycles. The quantitative estimate of drug-likeness (QED) is 0.836. The van der Waals surface area contributed by atoms with Gasteiger partial charge in [-0.2, -0.15) is 11.8 Å². The first kappa shape index (κ1) is 13.0. The highest BCUT2D eigenvalue weighted by Crippen LogP contribution is 2.29. The summed E-state index contributed by atoms with van der Waals surface area (Å²) in [6.07, 6.45) is 5.49. The van der Waals surface area contributed by atoms with Gasteiger partial charge < -0.3 is 10.2 Å². The Labute approximate surface area is 108 Å². The second kappa shape index (κ2) is 5.91. The van der Waals surface area contributed by atoms with E-state index in [2.05, 4.69) is 11.9 Å². The maximum absolute atomic E-state index is 12.4. The topological polar surface area (TPSA) is 32.3 Å². The van der Waals surface area contributed by atoms with Crippen molar-refractivity contribution in [1.29, 1.82) is 0 Å². The number of nitrogens with zero attached hydrogens (tertiary/aromatic N) is 1. The fourth-order valence-electron chi connectivity index (χ4n) is 2.59. The van der Waals surface area contributed by atoms with Gasteiger partial charge in [0.15, 0.2) is 0 Å². The Hall–Kier alpha value is -0.480. The molecule has 0 radical (unpaired) electrons. The van der Waals surface area contributed by atoms with Crippen LogP contribution in [0.4, 0.5) is 0 Å². The molecular weight excluding hydrogens is 232 g/mol. The predicted molar refractivity (Wildman–Crippen MR) is 73.0 cm³/mol. The molecule has 4 heteroatoms. The summed E-state index contributed by atoms with van der Waals surface area (Å²) in [5.74, 6) is 1.47. The smallest absolute Gasteiger partial charge is 0.243 e. The minimum absolute atomic E-state index is 0.0133. The summed E-state index contributed by atoms with van der Waals surface area (Å²) in [5, 5.41) is 3.75. The lowest BCUT2D eigenvalue weighted by atomic mass is 10.1. The molecule has 3 nitrogen and oxygen atoms in total. The molecule has 2 atom stereocenters. The molecule has 2 aliphatic heterocycles. The molecule has 0 aromatic carbocycles. The van der Waals surface area contributed by atoms with Gasteiger partial charge in [0.05, 0.1) is 6.04 Å². The van der Waals surface area contributed by atoms with Crippen LogP contribution in [0.3, 0.4) is 0 Å². The Bertz CT molecular complexity index is 300. The van der Waals surface area contributed by atoms with Gasteiger partial charge in [0, 0.05) is 17.5 Å². The third kappa shape index (κ3) is 3.05. The summed E-state index contributed by atoms with van der Waals surface area (Å²) in [6, 6.07) is -0.0133. The molecule has 96 valence electrons. The van der Waals surface area contributed by atoms with Crippen LogP contribution < -0.4 is 5.32 Å². The van der Waals surface area contributed by atoms with E-state index in [9.17, 15) is 4.79 Å². The third-order valence-corrected chi connectivity index (χ3v) is 5.04. The highest BCUT2D eigenvalue weighted by molar-refractivity contribution is 8.00. The monoisotopic (exact) mass is 254 g/mol. The second-order valence-electron chi connectivity index (χ2n) is 4.88. The number of allylic oxidation sites excluding steroid dienone is 1. The number of carbonyl (C=O) groups excluding carboxylic acids is 1. The van der Waals surface area contributed by atoms with Gasteiger partial charge in [0.25, 0.3) is 0 Å². The van der Waals surface area contributed by atoms with Crippen molar-refractivity contribution in [3.05, 3.63) is 12.3 Å². The van der Waals surface area contributed by atoms with Crippen LogP contribution in [0.5, 0.6) is 0 Å². The first-order valence-corrected chi connectivity index (χ1v) is 7.55. The summed E-state index contributed by atoms with van der Waals surface area (Å²) in [6.45, 7) is 4.95. The summed E-state index contributed by atoms with van der Waals surface area (Å²) in [5.41, 5.74) is 1.01. The summed E-state index contributed by atoms with van der Waals surface area (Å²) in [4.78, 5) is 14.3. The molecule has 1 amide bonds. The van der Waals surface area contributed by atoms with Crippen molar-refractivity contribution in [2.45, 2.75) is 43.4 Å². The van der Waals surface area contributed by atoms with E-state index in [0.717, 1.165) is 31.5 Å². The third-order valence-electron chi connectivity index (χ3n) is 3.66. The van der Waals surface area contributed by atoms with E-state index in [1.165, 1.54) is 18.6 Å². The number of carbonyl (C=O) groups is 1. The molecular formula is C13H22N2OS. The number of nitrogens with one attached hydrogen (secondary N) is 1. The highest BCUT2D eigenvalue weighted by atomic mass is 32.2. The van der Waals surface area contributed by atoms with Crippen molar-refractivity contribution in [1.82, 2.24) is 10.2 Å². The van der Waals surface area contributed by atoms with Gasteiger partial charge in [-0.05, 0) is 44.9 Å². The number of hydrogen-bond donors (Lipinski definition) is 1. The minimum atomic E-state index is -0.0133. The van der Waals surface area contributed by atoms with Crippen LogP contribution in [-0.4, -0.2) is 41.4 Å². The number of likely N-dealkylation sites (tertiary alicyclic amines) is 1. The zero-order chi connectivity index (χ0) is 12.3. The van der Waals surface area contributed by atoms with Gasteiger partial charge in [-0.25, -0.2) is 0 Å². The summed E-state index contributed by atoms with van der Waals surface area (Å²) < 4.78 is 0. The molecule has 2 rings (SSSR count). The Balaban J connectivity index is 2.03. The van der Waals surface area contributed by atoms with Gasteiger partial charge in [-0.15, -0.1) is 0 Å². The number of amides is 1. The van der Waals surface area contributed by atoms with E-state index in [1.54, 1.807) is 0 Å². The molecule has 0 aromatic heterocycles. The van der Waals surface area contributed by atoms with E-state index in [-0.39, 0.29) is 11.9 Å². The van der Waals surface area contributed by atoms with Crippen molar-refractivity contribution in [3.63, 3.8) is 0 Å². The maximum atomic E-state index is 12.4. The van der Waals surface area contributed by atoms with Crippen LogP contribution in [0.1, 0.15) is 32.1 Å². The highest BCUT2D eigenvalue weighted by Gasteiger charge is 2.30. The van der Waals surface area contributed by atoms with Crippen molar-refractivity contribution >= 4 is 17.7 Å². The molecule has 2 aliphatic rings. The standard InChI is InChI=1S/C13H22N2OS/c1-10-5-3-7-12(14-2)13(16)15(10)9-11-6-4-8-17-11/h11-12,14H,1,3-9H2,2H3. The second-order valence-corrected chi connectivity index (χ2v) is 6.29. The first-order chi connectivity index (χ1) is 8.22. The molecule has 0 aliphatic carbocycles. The molecule has 2 saturated heterocycles. The van der Waals surface area contributed by atoms with Crippen molar-refractivity contribution in [2.24, 2.45) is 0 Å². The first-order valence-electron chi connectivity index (χ1n) is 6.50. The SMILES string of the molecule is C=C1CCCC(NC)C(=O)N1CC1CCCS1. The van der Waals surface area contributed by atoms with E-state index < -0.39 is 0 Å². The van der Waals surface area contributed by atoms with Gasteiger partial charge in [-0.1, -0.05) is 6.58 Å². The van der Waals surface area contributed by atoms with Gasteiger partial charge in [-0.3, -0.25) is 4.79 Å². The van der Waals surface area contributed by atoms with Crippen molar-refractivity contribution in [3.8, 4) is 0 Å². The largest absolute Gasteiger partial charge is 0.314 e. The lowest BCUT2D eigenvalue weighted by Crippen LogP contribution is -2.45. The van der Waals surface area contributed by atoms with E-state index >= 15 is 0 Å². The molecule has 2 unspecified atom stereocenters. The Morgan fingerprint density at radius 3 is 2.94 bits per heavy atom. The number of rotatable bonds is 3. The number of hydrogen-bond acceptors (Lipinski definition) is 3. The molecule has 2 fully saturated rings. The van der Waals surface area contributed by atoms with Crippen molar-refractivity contribution < 1.29 is 4.79 Å². The fourth-order valence-corrected chi connectivity index (χ4v) is 3.85. The van der Waals surface area contributed by atoms with Crippen LogP contribution in [0.2, 0.25) is 0 Å². The van der Waals surface area contributed by atoms with Crippen LogP contribution in [-0.2, 0) is 4.79 Å². The summed E-state index contributed by atoms with van der Waals surface area (Å²) in [7, 11) is 1.87. The summed E-state index contributed by atoms with van der Waals surface area (Å²) >= 11 is 2.00.